The van der Waals surface area contributed by atoms with Crippen LogP contribution in [0.3, 0.4) is 0 Å². The highest BCUT2D eigenvalue weighted by Gasteiger charge is 2.05. The molecule has 0 saturated heterocycles. The fourth-order valence-corrected chi connectivity index (χ4v) is 2.17. The summed E-state index contributed by atoms with van der Waals surface area (Å²) in [7, 11) is 3.28. The molecule has 0 aliphatic rings. The Kier molecular flexibility index (Phi) is 9.68. The summed E-state index contributed by atoms with van der Waals surface area (Å²) >= 11 is 0. The lowest BCUT2D eigenvalue weighted by atomic mass is 10.2. The highest BCUT2D eigenvalue weighted by molar-refractivity contribution is 14.0. The second kappa shape index (κ2) is 11.5. The molecular weight excluding hydrogens is 431 g/mol. The minimum atomic E-state index is 0. The van der Waals surface area contributed by atoms with Crippen LogP contribution in [0.4, 0.5) is 0 Å². The van der Waals surface area contributed by atoms with Crippen LogP contribution in [0.25, 0.3) is 0 Å². The Balaban J connectivity index is 0.00000312. The summed E-state index contributed by atoms with van der Waals surface area (Å²) in [6.07, 6.45) is 1.78. The first-order chi connectivity index (χ1) is 11.8. The minimum Gasteiger partial charge on any atom is -0.497 e. The molecule has 2 N–H and O–H groups in total. The van der Waals surface area contributed by atoms with Crippen molar-refractivity contribution < 1.29 is 9.47 Å². The number of halogens is 1. The number of hydrogen-bond donors (Lipinski definition) is 2. The quantitative estimate of drug-likeness (QED) is 0.381. The van der Waals surface area contributed by atoms with Gasteiger partial charge in [0.15, 0.2) is 5.96 Å². The van der Waals surface area contributed by atoms with Crippen molar-refractivity contribution in [2.24, 2.45) is 4.99 Å². The van der Waals surface area contributed by atoms with Crippen molar-refractivity contribution in [1.29, 1.82) is 0 Å². The Morgan fingerprint density at radius 3 is 2.60 bits per heavy atom. The summed E-state index contributed by atoms with van der Waals surface area (Å²) in [6, 6.07) is 11.6. The van der Waals surface area contributed by atoms with Crippen LogP contribution < -0.4 is 20.1 Å². The van der Waals surface area contributed by atoms with E-state index in [1.54, 1.807) is 20.4 Å². The summed E-state index contributed by atoms with van der Waals surface area (Å²) in [5.41, 5.74) is 1.96. The van der Waals surface area contributed by atoms with E-state index in [0.717, 1.165) is 35.3 Å². The van der Waals surface area contributed by atoms with E-state index in [1.165, 1.54) is 0 Å². The topological polar surface area (TPSA) is 67.8 Å². The molecule has 1 aromatic carbocycles. The summed E-state index contributed by atoms with van der Waals surface area (Å²) < 4.78 is 10.6. The number of aromatic nitrogens is 1. The largest absolute Gasteiger partial charge is 0.497 e. The average molecular weight is 456 g/mol. The van der Waals surface area contributed by atoms with Gasteiger partial charge in [0.2, 0.25) is 0 Å². The van der Waals surface area contributed by atoms with Gasteiger partial charge in [-0.3, -0.25) is 4.98 Å². The molecule has 0 spiro atoms. The van der Waals surface area contributed by atoms with E-state index in [0.29, 0.717) is 13.1 Å². The van der Waals surface area contributed by atoms with Gasteiger partial charge in [0, 0.05) is 24.4 Å². The van der Waals surface area contributed by atoms with Crippen LogP contribution in [-0.2, 0) is 13.1 Å². The van der Waals surface area contributed by atoms with Gasteiger partial charge in [-0.1, -0.05) is 6.07 Å². The van der Waals surface area contributed by atoms with Gasteiger partial charge < -0.3 is 20.1 Å². The van der Waals surface area contributed by atoms with E-state index in [1.807, 2.05) is 43.3 Å². The number of benzene rings is 1. The van der Waals surface area contributed by atoms with Gasteiger partial charge in [-0.05, 0) is 31.2 Å². The van der Waals surface area contributed by atoms with Crippen LogP contribution in [0, 0.1) is 0 Å². The lowest BCUT2D eigenvalue weighted by Crippen LogP contribution is -2.37. The van der Waals surface area contributed by atoms with Gasteiger partial charge in [-0.15, -0.1) is 24.0 Å². The molecule has 1 aromatic heterocycles. The molecule has 0 aliphatic carbocycles. The standard InChI is InChI=1S/C18H24N4O2.HI/c1-4-19-18(22-13-15-7-5-6-10-20-15)21-12-14-8-9-16(23-2)11-17(14)24-3;/h5-11H,4,12-13H2,1-3H3,(H2,19,21,22);1H. The van der Waals surface area contributed by atoms with Crippen molar-refractivity contribution in [2.45, 2.75) is 20.0 Å². The third-order valence-electron chi connectivity index (χ3n) is 3.41. The second-order valence-corrected chi connectivity index (χ2v) is 5.05. The molecule has 0 fully saturated rings. The molecule has 0 unspecified atom stereocenters. The van der Waals surface area contributed by atoms with Gasteiger partial charge in [0.25, 0.3) is 0 Å². The normalized spacial score (nSPS) is 10.6. The van der Waals surface area contributed by atoms with E-state index >= 15 is 0 Å². The highest BCUT2D eigenvalue weighted by Crippen LogP contribution is 2.25. The third-order valence-corrected chi connectivity index (χ3v) is 3.41. The summed E-state index contributed by atoms with van der Waals surface area (Å²) in [6.45, 7) is 3.94. The molecular formula is C18H25IN4O2. The zero-order valence-electron chi connectivity index (χ0n) is 14.8. The van der Waals surface area contributed by atoms with Crippen molar-refractivity contribution in [3.8, 4) is 11.5 Å². The van der Waals surface area contributed by atoms with E-state index in [2.05, 4.69) is 20.6 Å². The number of nitrogens with one attached hydrogen (secondary N) is 2. The minimum absolute atomic E-state index is 0. The van der Waals surface area contributed by atoms with Crippen LogP contribution >= 0.6 is 24.0 Å². The van der Waals surface area contributed by atoms with E-state index in [-0.39, 0.29) is 24.0 Å². The van der Waals surface area contributed by atoms with Crippen LogP contribution in [0.15, 0.2) is 47.6 Å². The molecule has 136 valence electrons. The molecule has 25 heavy (non-hydrogen) atoms. The lowest BCUT2D eigenvalue weighted by Gasteiger charge is -2.12. The maximum absolute atomic E-state index is 5.41. The number of aliphatic imine (C=N–C) groups is 1. The molecule has 0 atom stereocenters. The van der Waals surface area contributed by atoms with Gasteiger partial charge in [-0.2, -0.15) is 0 Å². The van der Waals surface area contributed by atoms with Gasteiger partial charge in [-0.25, -0.2) is 4.99 Å². The Morgan fingerprint density at radius 2 is 1.96 bits per heavy atom. The number of pyridine rings is 1. The van der Waals surface area contributed by atoms with Crippen molar-refractivity contribution in [3.05, 3.63) is 53.9 Å². The zero-order valence-corrected chi connectivity index (χ0v) is 17.1. The third kappa shape index (κ3) is 6.77. The Bertz CT molecular complexity index is 665. The molecule has 2 aromatic rings. The molecule has 2 rings (SSSR count). The van der Waals surface area contributed by atoms with Crippen LogP contribution in [-0.4, -0.2) is 31.7 Å². The number of nitrogens with zero attached hydrogens (tertiary/aromatic N) is 2. The number of hydrogen-bond acceptors (Lipinski definition) is 4. The molecule has 0 aliphatic heterocycles. The van der Waals surface area contributed by atoms with E-state index < -0.39 is 0 Å². The number of methoxy groups -OCH3 is 2. The molecule has 0 saturated carbocycles. The Labute approximate surface area is 166 Å². The molecule has 6 nitrogen and oxygen atoms in total. The summed E-state index contributed by atoms with van der Waals surface area (Å²) in [5.74, 6) is 2.26. The number of ether oxygens (including phenoxy) is 2. The SMILES string of the molecule is CCNC(=NCc1ccc(OC)cc1OC)NCc1ccccn1.I. The first-order valence-electron chi connectivity index (χ1n) is 7.89. The van der Waals surface area contributed by atoms with Crippen LogP contribution in [0.5, 0.6) is 11.5 Å². The summed E-state index contributed by atoms with van der Waals surface area (Å²) in [4.78, 5) is 8.91. The second-order valence-electron chi connectivity index (χ2n) is 5.05. The predicted octanol–water partition coefficient (Wildman–Crippen LogP) is 2.97. The van der Waals surface area contributed by atoms with Crippen LogP contribution in [0.1, 0.15) is 18.2 Å². The molecule has 7 heteroatoms. The molecule has 0 bridgehead atoms. The van der Waals surface area contributed by atoms with Crippen LogP contribution in [0.2, 0.25) is 0 Å². The monoisotopic (exact) mass is 456 g/mol. The number of rotatable bonds is 7. The smallest absolute Gasteiger partial charge is 0.191 e. The average Bonchev–Trinajstić information content (AvgIpc) is 2.64. The molecule has 0 radical (unpaired) electrons. The van der Waals surface area contributed by atoms with E-state index in [4.69, 9.17) is 9.47 Å². The maximum Gasteiger partial charge on any atom is 0.191 e. The van der Waals surface area contributed by atoms with Crippen molar-refractivity contribution in [2.75, 3.05) is 20.8 Å². The fourth-order valence-electron chi connectivity index (χ4n) is 2.17. The van der Waals surface area contributed by atoms with Gasteiger partial charge in [0.05, 0.1) is 33.0 Å². The predicted molar refractivity (Wildman–Crippen MR) is 111 cm³/mol. The molecule has 1 heterocycles. The van der Waals surface area contributed by atoms with Gasteiger partial charge in [0.1, 0.15) is 11.5 Å². The zero-order chi connectivity index (χ0) is 17.2. The lowest BCUT2D eigenvalue weighted by molar-refractivity contribution is 0.391. The van der Waals surface area contributed by atoms with Crippen molar-refractivity contribution >= 4 is 29.9 Å². The van der Waals surface area contributed by atoms with Gasteiger partial charge >= 0.3 is 0 Å². The highest BCUT2D eigenvalue weighted by atomic mass is 127. The maximum atomic E-state index is 5.41. The summed E-state index contributed by atoms with van der Waals surface area (Å²) in [5, 5.41) is 6.51. The Hall–Kier alpha value is -2.03. The first-order valence-corrected chi connectivity index (χ1v) is 7.89. The van der Waals surface area contributed by atoms with E-state index in [9.17, 15) is 0 Å². The van der Waals surface area contributed by atoms with Crippen molar-refractivity contribution in [1.82, 2.24) is 15.6 Å². The number of guanidine groups is 1. The first kappa shape index (κ1) is 21.0. The van der Waals surface area contributed by atoms with Crippen molar-refractivity contribution in [3.63, 3.8) is 0 Å². The molecule has 0 amide bonds. The fraction of sp³-hybridized carbons (Fsp3) is 0.333. The Morgan fingerprint density at radius 1 is 1.12 bits per heavy atom.